The van der Waals surface area contributed by atoms with Crippen LogP contribution in [-0.4, -0.2) is 38.7 Å². The van der Waals surface area contributed by atoms with Crippen LogP contribution in [0, 0.1) is 11.6 Å². The summed E-state index contributed by atoms with van der Waals surface area (Å²) in [4.78, 5) is 10.9. The van der Waals surface area contributed by atoms with Gasteiger partial charge in [0.15, 0.2) is 6.23 Å². The summed E-state index contributed by atoms with van der Waals surface area (Å²) in [6, 6.07) is 8.09. The van der Waals surface area contributed by atoms with E-state index in [1.165, 1.54) is 18.2 Å². The first-order valence-electron chi connectivity index (χ1n) is 13.3. The molecule has 0 bridgehead atoms. The van der Waals surface area contributed by atoms with E-state index in [2.05, 4.69) is 5.10 Å². The number of rotatable bonds is 5. The maximum atomic E-state index is 15.8. The topological polar surface area (TPSA) is 73.6 Å². The van der Waals surface area contributed by atoms with E-state index in [-0.39, 0.29) is 17.4 Å². The quantitative estimate of drug-likeness (QED) is 0.347. The van der Waals surface area contributed by atoms with Gasteiger partial charge in [-0.1, -0.05) is 11.6 Å². The SMILES string of the molecule is CC1(C)CC(=C(c2ccc3c(cnn3C3CCCCO3)c2)c2c(F)cc(/C=C/C(=O)O)cc2F)CC(C)(C)O1. The van der Waals surface area contributed by atoms with Crippen LogP contribution in [0.3, 0.4) is 0 Å². The van der Waals surface area contributed by atoms with E-state index in [1.54, 1.807) is 6.20 Å². The Balaban J connectivity index is 1.68. The van der Waals surface area contributed by atoms with Crippen molar-refractivity contribution in [3.63, 3.8) is 0 Å². The predicted molar refractivity (Wildman–Crippen MR) is 146 cm³/mol. The number of hydrogen-bond acceptors (Lipinski definition) is 4. The minimum absolute atomic E-state index is 0.127. The van der Waals surface area contributed by atoms with Crippen LogP contribution in [0.15, 0.2) is 48.2 Å². The lowest BCUT2D eigenvalue weighted by atomic mass is 9.79. The molecule has 39 heavy (non-hydrogen) atoms. The van der Waals surface area contributed by atoms with Crippen molar-refractivity contribution in [1.82, 2.24) is 9.78 Å². The molecule has 0 amide bonds. The zero-order valence-electron chi connectivity index (χ0n) is 22.8. The number of ether oxygens (including phenoxy) is 2. The third-order valence-electron chi connectivity index (χ3n) is 7.23. The van der Waals surface area contributed by atoms with Crippen LogP contribution >= 0.6 is 0 Å². The smallest absolute Gasteiger partial charge is 0.328 e. The Labute approximate surface area is 226 Å². The van der Waals surface area contributed by atoms with E-state index in [0.29, 0.717) is 30.6 Å². The molecule has 1 aromatic heterocycles. The molecule has 1 unspecified atom stereocenters. The van der Waals surface area contributed by atoms with Gasteiger partial charge in [0.25, 0.3) is 0 Å². The molecular weight excluding hydrogens is 502 g/mol. The molecular formula is C31H34F2N2O4. The fraction of sp³-hybridized carbons (Fsp3) is 0.419. The molecule has 2 saturated heterocycles. The third kappa shape index (κ3) is 5.82. The van der Waals surface area contributed by atoms with Crippen molar-refractivity contribution in [2.24, 2.45) is 0 Å². The van der Waals surface area contributed by atoms with Crippen molar-refractivity contribution >= 4 is 28.5 Å². The molecule has 5 rings (SSSR count). The molecule has 2 fully saturated rings. The van der Waals surface area contributed by atoms with Gasteiger partial charge in [-0.3, -0.25) is 0 Å². The molecule has 6 nitrogen and oxygen atoms in total. The first kappa shape index (κ1) is 27.2. The first-order chi connectivity index (χ1) is 18.4. The number of carbonyl (C=O) groups is 1. The summed E-state index contributed by atoms with van der Waals surface area (Å²) in [5.74, 6) is -2.70. The monoisotopic (exact) mass is 536 g/mol. The lowest BCUT2D eigenvalue weighted by Crippen LogP contribution is -2.42. The van der Waals surface area contributed by atoms with Gasteiger partial charge in [-0.05, 0) is 107 Å². The van der Waals surface area contributed by atoms with Gasteiger partial charge >= 0.3 is 5.97 Å². The molecule has 1 atom stereocenters. The minimum Gasteiger partial charge on any atom is -0.478 e. The number of nitrogens with zero attached hydrogens (tertiary/aromatic N) is 2. The van der Waals surface area contributed by atoms with Crippen molar-refractivity contribution < 1.29 is 28.2 Å². The van der Waals surface area contributed by atoms with Crippen LogP contribution in [0.1, 0.15) is 82.7 Å². The number of fused-ring (bicyclic) bond motifs is 1. The summed E-state index contributed by atoms with van der Waals surface area (Å²) in [5, 5.41) is 14.4. The average molecular weight is 537 g/mol. The van der Waals surface area contributed by atoms with E-state index in [0.717, 1.165) is 41.8 Å². The molecule has 0 spiro atoms. The van der Waals surface area contributed by atoms with Gasteiger partial charge in [0.1, 0.15) is 11.6 Å². The van der Waals surface area contributed by atoms with Crippen LogP contribution in [0.2, 0.25) is 0 Å². The molecule has 0 radical (unpaired) electrons. The lowest BCUT2D eigenvalue weighted by molar-refractivity contribution is -0.138. The molecule has 2 aliphatic rings. The van der Waals surface area contributed by atoms with Gasteiger partial charge in [-0.15, -0.1) is 0 Å². The second kappa shape index (κ2) is 10.3. The fourth-order valence-corrected chi connectivity index (χ4v) is 6.06. The van der Waals surface area contributed by atoms with E-state index in [9.17, 15) is 4.79 Å². The highest BCUT2D eigenvalue weighted by atomic mass is 19.1. The highest BCUT2D eigenvalue weighted by Crippen LogP contribution is 2.44. The van der Waals surface area contributed by atoms with Crippen LogP contribution < -0.4 is 0 Å². The van der Waals surface area contributed by atoms with Crippen LogP contribution in [-0.2, 0) is 14.3 Å². The normalized spacial score (nSPS) is 21.0. The number of benzene rings is 2. The summed E-state index contributed by atoms with van der Waals surface area (Å²) in [5.41, 5.74) is 1.90. The Morgan fingerprint density at radius 3 is 2.38 bits per heavy atom. The van der Waals surface area contributed by atoms with Gasteiger partial charge in [0, 0.05) is 18.1 Å². The standard InChI is InChI=1S/C31H34F2N2O4/c1-30(2)16-22(17-31(3,4)39-30)28(29-23(32)13-19(14-24(29)33)8-11-27(36)37)20-9-10-25-21(15-20)18-34-35(25)26-7-5-6-12-38-26/h8-11,13-15,18,26H,5-7,12,16-17H2,1-4H3,(H,36,37)/b11-8+. The largest absolute Gasteiger partial charge is 0.478 e. The molecule has 0 aliphatic carbocycles. The first-order valence-corrected chi connectivity index (χ1v) is 13.3. The number of halogens is 2. The van der Waals surface area contributed by atoms with Crippen molar-refractivity contribution in [2.75, 3.05) is 6.61 Å². The molecule has 1 N–H and O–H groups in total. The number of hydrogen-bond donors (Lipinski definition) is 1. The van der Waals surface area contributed by atoms with E-state index in [1.807, 2.05) is 50.6 Å². The fourth-order valence-electron chi connectivity index (χ4n) is 6.06. The predicted octanol–water partition coefficient (Wildman–Crippen LogP) is 7.28. The summed E-state index contributed by atoms with van der Waals surface area (Å²) < 4.78 is 45.6. The number of carboxylic acids is 1. The maximum absolute atomic E-state index is 15.8. The summed E-state index contributed by atoms with van der Waals surface area (Å²) in [6.45, 7) is 8.62. The van der Waals surface area contributed by atoms with E-state index < -0.39 is 28.8 Å². The van der Waals surface area contributed by atoms with Gasteiger partial charge in [-0.2, -0.15) is 5.10 Å². The van der Waals surface area contributed by atoms with Crippen molar-refractivity contribution in [3.8, 4) is 0 Å². The highest BCUT2D eigenvalue weighted by molar-refractivity contribution is 5.90. The van der Waals surface area contributed by atoms with Crippen molar-refractivity contribution in [2.45, 2.75) is 77.2 Å². The van der Waals surface area contributed by atoms with E-state index in [4.69, 9.17) is 14.6 Å². The molecule has 2 aromatic carbocycles. The van der Waals surface area contributed by atoms with Gasteiger partial charge in [-0.25, -0.2) is 18.3 Å². The Morgan fingerprint density at radius 1 is 1.08 bits per heavy atom. The van der Waals surface area contributed by atoms with Crippen LogP contribution in [0.4, 0.5) is 8.78 Å². The second-order valence-electron chi connectivity index (χ2n) is 11.7. The van der Waals surface area contributed by atoms with Crippen LogP contribution in [0.5, 0.6) is 0 Å². The lowest BCUT2D eigenvalue weighted by Gasteiger charge is -2.43. The zero-order chi connectivity index (χ0) is 27.9. The van der Waals surface area contributed by atoms with Crippen molar-refractivity contribution in [3.05, 3.63) is 76.5 Å². The molecule has 0 saturated carbocycles. The van der Waals surface area contributed by atoms with Gasteiger partial charge in [0.05, 0.1) is 28.5 Å². The molecule has 8 heteroatoms. The summed E-state index contributed by atoms with van der Waals surface area (Å²) >= 11 is 0. The zero-order valence-corrected chi connectivity index (χ0v) is 22.8. The Bertz CT molecular complexity index is 1440. The number of aromatic nitrogens is 2. The molecule has 206 valence electrons. The molecule has 3 heterocycles. The van der Waals surface area contributed by atoms with Crippen molar-refractivity contribution in [1.29, 1.82) is 0 Å². The second-order valence-corrected chi connectivity index (χ2v) is 11.7. The Kier molecular flexibility index (Phi) is 7.20. The van der Waals surface area contributed by atoms with Gasteiger partial charge < -0.3 is 14.6 Å². The van der Waals surface area contributed by atoms with E-state index >= 15 is 8.78 Å². The molecule has 3 aromatic rings. The summed E-state index contributed by atoms with van der Waals surface area (Å²) in [7, 11) is 0. The number of aliphatic carboxylic acids is 1. The third-order valence-corrected chi connectivity index (χ3v) is 7.23. The van der Waals surface area contributed by atoms with Gasteiger partial charge in [0.2, 0.25) is 0 Å². The highest BCUT2D eigenvalue weighted by Gasteiger charge is 2.38. The Hall–Kier alpha value is -3.36. The average Bonchev–Trinajstić information content (AvgIpc) is 3.27. The summed E-state index contributed by atoms with van der Waals surface area (Å²) in [6.07, 6.45) is 7.67. The maximum Gasteiger partial charge on any atom is 0.328 e. The Morgan fingerprint density at radius 2 is 1.77 bits per heavy atom. The van der Waals surface area contributed by atoms with Crippen LogP contribution in [0.25, 0.3) is 22.6 Å². The minimum atomic E-state index is -1.19. The number of carboxylic acid groups (broad SMARTS) is 1. The molecule has 2 aliphatic heterocycles.